The van der Waals surface area contributed by atoms with Crippen LogP contribution in [0.5, 0.6) is 5.75 Å². The second kappa shape index (κ2) is 6.82. The Kier molecular flexibility index (Phi) is 5.23. The molecule has 0 saturated heterocycles. The zero-order valence-electron chi connectivity index (χ0n) is 8.98. The van der Waals surface area contributed by atoms with Crippen LogP contribution in [0.15, 0.2) is 42.5 Å². The Morgan fingerprint density at radius 3 is 2.67 bits per heavy atom. The van der Waals surface area contributed by atoms with Crippen molar-refractivity contribution in [2.75, 3.05) is 0 Å². The number of rotatable bonds is 5. The highest BCUT2D eigenvalue weighted by atomic mass is 16.5. The van der Waals surface area contributed by atoms with Gasteiger partial charge in [0.15, 0.2) is 0 Å². The highest BCUT2D eigenvalue weighted by Gasteiger charge is 2.00. The molecule has 0 fully saturated rings. The fourth-order valence-electron chi connectivity index (χ4n) is 1.13. The maximum atomic E-state index is 11.3. The van der Waals surface area contributed by atoms with E-state index in [0.717, 1.165) is 12.8 Å². The van der Waals surface area contributed by atoms with Crippen molar-refractivity contribution < 1.29 is 9.53 Å². The number of carbonyl (C=O) groups excluding carboxylic acids is 1. The maximum absolute atomic E-state index is 11.3. The van der Waals surface area contributed by atoms with E-state index in [9.17, 15) is 4.79 Å². The molecule has 2 heteroatoms. The molecular weight excluding hydrogens is 188 g/mol. The van der Waals surface area contributed by atoms with Crippen LogP contribution >= 0.6 is 0 Å². The van der Waals surface area contributed by atoms with Crippen molar-refractivity contribution in [1.82, 2.24) is 0 Å². The van der Waals surface area contributed by atoms with Crippen molar-refractivity contribution in [3.63, 3.8) is 0 Å². The molecule has 0 aliphatic heterocycles. The molecule has 0 aliphatic carbocycles. The summed E-state index contributed by atoms with van der Waals surface area (Å²) in [5.41, 5.74) is 0. The molecule has 0 N–H and O–H groups in total. The summed E-state index contributed by atoms with van der Waals surface area (Å²) in [5.74, 6) is 0.389. The van der Waals surface area contributed by atoms with Crippen LogP contribution < -0.4 is 4.74 Å². The molecule has 0 spiro atoms. The lowest BCUT2D eigenvalue weighted by Gasteiger charge is -2.00. The van der Waals surface area contributed by atoms with E-state index in [1.807, 2.05) is 30.4 Å². The number of allylic oxidation sites excluding steroid dienone is 1. The van der Waals surface area contributed by atoms with E-state index in [-0.39, 0.29) is 5.97 Å². The molecule has 0 heterocycles. The number of unbranched alkanes of at least 4 members (excludes halogenated alkanes) is 1. The van der Waals surface area contributed by atoms with Crippen LogP contribution in [0.1, 0.15) is 26.2 Å². The first kappa shape index (κ1) is 11.5. The molecule has 0 saturated carbocycles. The van der Waals surface area contributed by atoms with Gasteiger partial charge in [-0.1, -0.05) is 43.7 Å². The minimum Gasteiger partial charge on any atom is -0.426 e. The number of hydrogen-bond acceptors (Lipinski definition) is 2. The number of hydrogen-bond donors (Lipinski definition) is 0. The lowest BCUT2D eigenvalue weighted by Crippen LogP contribution is -2.05. The van der Waals surface area contributed by atoms with Gasteiger partial charge in [-0.25, -0.2) is 0 Å². The van der Waals surface area contributed by atoms with Crippen molar-refractivity contribution in [3.05, 3.63) is 42.5 Å². The van der Waals surface area contributed by atoms with Gasteiger partial charge in [0, 0.05) is 0 Å². The van der Waals surface area contributed by atoms with Crippen molar-refractivity contribution in [2.45, 2.75) is 26.2 Å². The van der Waals surface area contributed by atoms with Crippen LogP contribution in [-0.2, 0) is 4.79 Å². The van der Waals surface area contributed by atoms with E-state index in [0.29, 0.717) is 12.2 Å². The molecule has 15 heavy (non-hydrogen) atoms. The fraction of sp³-hybridized carbons (Fsp3) is 0.308. The Labute approximate surface area is 90.6 Å². The first-order chi connectivity index (χ1) is 7.33. The largest absolute Gasteiger partial charge is 0.426 e. The average molecular weight is 204 g/mol. The Hall–Kier alpha value is -1.57. The Balaban J connectivity index is 2.31. The van der Waals surface area contributed by atoms with Crippen LogP contribution in [-0.4, -0.2) is 5.97 Å². The van der Waals surface area contributed by atoms with Crippen molar-refractivity contribution >= 4 is 5.97 Å². The minimum absolute atomic E-state index is 0.214. The van der Waals surface area contributed by atoms with Crippen molar-refractivity contribution in [2.24, 2.45) is 0 Å². The van der Waals surface area contributed by atoms with Crippen molar-refractivity contribution in [3.8, 4) is 5.75 Å². The zero-order valence-corrected chi connectivity index (χ0v) is 8.98. The highest BCUT2D eigenvalue weighted by molar-refractivity contribution is 5.73. The molecule has 0 aromatic heterocycles. The summed E-state index contributed by atoms with van der Waals surface area (Å²) in [5, 5.41) is 0. The van der Waals surface area contributed by atoms with E-state index in [1.165, 1.54) is 0 Å². The van der Waals surface area contributed by atoms with E-state index < -0.39 is 0 Å². The van der Waals surface area contributed by atoms with E-state index in [2.05, 4.69) is 6.92 Å². The molecule has 2 nitrogen and oxygen atoms in total. The van der Waals surface area contributed by atoms with Gasteiger partial charge in [0.25, 0.3) is 0 Å². The van der Waals surface area contributed by atoms with E-state index >= 15 is 0 Å². The van der Waals surface area contributed by atoms with Crippen LogP contribution in [0.3, 0.4) is 0 Å². The van der Waals surface area contributed by atoms with Gasteiger partial charge in [0.1, 0.15) is 5.75 Å². The first-order valence-corrected chi connectivity index (χ1v) is 5.23. The topological polar surface area (TPSA) is 26.3 Å². The van der Waals surface area contributed by atoms with Gasteiger partial charge in [-0.05, 0) is 18.6 Å². The summed E-state index contributed by atoms with van der Waals surface area (Å²) in [6.07, 6.45) is 6.32. The predicted octanol–water partition coefficient (Wildman–Crippen LogP) is 3.34. The summed E-state index contributed by atoms with van der Waals surface area (Å²) in [4.78, 5) is 11.3. The highest BCUT2D eigenvalue weighted by Crippen LogP contribution is 2.09. The third-order valence-electron chi connectivity index (χ3n) is 1.88. The maximum Gasteiger partial charge on any atom is 0.315 e. The molecular formula is C13H16O2. The van der Waals surface area contributed by atoms with Crippen LogP contribution in [0.4, 0.5) is 0 Å². The van der Waals surface area contributed by atoms with Gasteiger partial charge in [0.05, 0.1) is 6.42 Å². The van der Waals surface area contributed by atoms with Gasteiger partial charge in [0.2, 0.25) is 0 Å². The number of benzene rings is 1. The summed E-state index contributed by atoms with van der Waals surface area (Å²) in [6, 6.07) is 9.12. The summed E-state index contributed by atoms with van der Waals surface area (Å²) in [6.45, 7) is 2.10. The number of ether oxygens (including phenoxy) is 1. The summed E-state index contributed by atoms with van der Waals surface area (Å²) in [7, 11) is 0. The lowest BCUT2D eigenvalue weighted by molar-refractivity contribution is -0.133. The van der Waals surface area contributed by atoms with Crippen LogP contribution in [0, 0.1) is 0 Å². The molecule has 1 aromatic carbocycles. The zero-order chi connectivity index (χ0) is 10.9. The molecule has 0 unspecified atom stereocenters. The SMILES string of the molecule is CCCC=CCC(=O)Oc1ccccc1. The quantitative estimate of drug-likeness (QED) is 0.417. The van der Waals surface area contributed by atoms with Gasteiger partial charge in [-0.15, -0.1) is 0 Å². The normalized spacial score (nSPS) is 10.5. The second-order valence-corrected chi connectivity index (χ2v) is 3.25. The van der Waals surface area contributed by atoms with Gasteiger partial charge < -0.3 is 4.74 Å². The van der Waals surface area contributed by atoms with Crippen LogP contribution in [0.2, 0.25) is 0 Å². The molecule has 0 aliphatic rings. The average Bonchev–Trinajstić information content (AvgIpc) is 2.26. The molecule has 80 valence electrons. The smallest absolute Gasteiger partial charge is 0.315 e. The Morgan fingerprint density at radius 1 is 1.27 bits per heavy atom. The molecule has 0 atom stereocenters. The third kappa shape index (κ3) is 5.01. The first-order valence-electron chi connectivity index (χ1n) is 5.23. The van der Waals surface area contributed by atoms with Crippen molar-refractivity contribution in [1.29, 1.82) is 0 Å². The molecule has 0 amide bonds. The molecule has 0 bridgehead atoms. The Bertz CT molecular complexity index is 315. The van der Waals surface area contributed by atoms with Gasteiger partial charge in [-0.2, -0.15) is 0 Å². The molecule has 1 aromatic rings. The number of carbonyl (C=O) groups is 1. The van der Waals surface area contributed by atoms with E-state index in [1.54, 1.807) is 12.1 Å². The van der Waals surface area contributed by atoms with Gasteiger partial charge in [-0.3, -0.25) is 4.79 Å². The molecule has 0 radical (unpaired) electrons. The predicted molar refractivity (Wildman–Crippen MR) is 60.7 cm³/mol. The standard InChI is InChI=1S/C13H16O2/c1-2-3-4-8-11-13(14)15-12-9-6-5-7-10-12/h4-10H,2-3,11H2,1H3. The van der Waals surface area contributed by atoms with E-state index in [4.69, 9.17) is 4.74 Å². The van der Waals surface area contributed by atoms with Gasteiger partial charge >= 0.3 is 5.97 Å². The number of esters is 1. The Morgan fingerprint density at radius 2 is 2.00 bits per heavy atom. The second-order valence-electron chi connectivity index (χ2n) is 3.25. The lowest BCUT2D eigenvalue weighted by atomic mass is 10.3. The summed E-state index contributed by atoms with van der Waals surface area (Å²) < 4.78 is 5.10. The third-order valence-corrected chi connectivity index (χ3v) is 1.88. The monoisotopic (exact) mass is 204 g/mol. The van der Waals surface area contributed by atoms with Crippen LogP contribution in [0.25, 0.3) is 0 Å². The number of para-hydroxylation sites is 1. The minimum atomic E-state index is -0.214. The summed E-state index contributed by atoms with van der Waals surface area (Å²) >= 11 is 0. The fourth-order valence-corrected chi connectivity index (χ4v) is 1.13. The molecule has 1 rings (SSSR count).